The van der Waals surface area contributed by atoms with Crippen LogP contribution < -0.4 is 4.90 Å². The van der Waals surface area contributed by atoms with Crippen molar-refractivity contribution >= 4 is 22.6 Å². The first kappa shape index (κ1) is 23.4. The van der Waals surface area contributed by atoms with E-state index >= 15 is 0 Å². The van der Waals surface area contributed by atoms with E-state index in [1.54, 1.807) is 7.11 Å². The van der Waals surface area contributed by atoms with Gasteiger partial charge in [0.25, 0.3) is 0 Å². The van der Waals surface area contributed by atoms with Gasteiger partial charge < -0.3 is 19.1 Å². The third-order valence-corrected chi connectivity index (χ3v) is 7.47. The molecule has 1 aromatic carbocycles. The standard InChI is InChI=1S/C28H33N5O2/c1-18-17-32(12-13-33(18)25(34)10-14-35-4)28-23(16-29)19(2)26(27(30-28)20-5-6-20)22-7-8-24-21(15-22)9-11-31(24)3/h7-9,11,15,18,20H,5-6,10,12-14,17H2,1-4H3/t18-/m1/s1. The highest BCUT2D eigenvalue weighted by atomic mass is 16.5. The average Bonchev–Trinajstić information content (AvgIpc) is 3.64. The van der Waals surface area contributed by atoms with Gasteiger partial charge in [-0.2, -0.15) is 5.26 Å². The molecule has 5 rings (SSSR count). The van der Waals surface area contributed by atoms with Crippen LogP contribution in [0.5, 0.6) is 0 Å². The van der Waals surface area contributed by atoms with Crippen molar-refractivity contribution in [1.29, 1.82) is 5.26 Å². The number of carbonyl (C=O) groups is 1. The van der Waals surface area contributed by atoms with E-state index in [-0.39, 0.29) is 11.9 Å². The maximum atomic E-state index is 12.6. The number of methoxy groups -OCH3 is 1. The molecular formula is C28H33N5O2. The topological polar surface area (TPSA) is 74.4 Å². The van der Waals surface area contributed by atoms with E-state index in [2.05, 4.69) is 66.9 Å². The van der Waals surface area contributed by atoms with Crippen LogP contribution in [0.25, 0.3) is 22.0 Å². The first-order valence-electron chi connectivity index (χ1n) is 12.5. The molecule has 0 bridgehead atoms. The molecule has 2 aliphatic rings. The largest absolute Gasteiger partial charge is 0.384 e. The number of rotatable bonds is 6. The number of nitrogens with zero attached hydrogens (tertiary/aromatic N) is 5. The number of hydrogen-bond donors (Lipinski definition) is 0. The van der Waals surface area contributed by atoms with E-state index < -0.39 is 0 Å². The summed E-state index contributed by atoms with van der Waals surface area (Å²) in [5.74, 6) is 1.33. The van der Waals surface area contributed by atoms with Gasteiger partial charge in [0.05, 0.1) is 24.3 Å². The molecule has 182 valence electrons. The number of piperazine rings is 1. The second-order valence-corrected chi connectivity index (χ2v) is 9.91. The molecule has 3 heterocycles. The van der Waals surface area contributed by atoms with Crippen LogP contribution in [0, 0.1) is 18.3 Å². The van der Waals surface area contributed by atoms with Gasteiger partial charge in [-0.3, -0.25) is 4.79 Å². The Morgan fingerprint density at radius 2 is 2.06 bits per heavy atom. The Morgan fingerprint density at radius 3 is 2.74 bits per heavy atom. The van der Waals surface area contributed by atoms with Crippen molar-refractivity contribution in [1.82, 2.24) is 14.5 Å². The van der Waals surface area contributed by atoms with Crippen LogP contribution in [0.15, 0.2) is 30.5 Å². The summed E-state index contributed by atoms with van der Waals surface area (Å²) in [4.78, 5) is 21.9. The van der Waals surface area contributed by atoms with Crippen LogP contribution in [0.4, 0.5) is 5.82 Å². The number of nitriles is 1. The maximum absolute atomic E-state index is 12.6. The number of anilines is 1. The molecule has 35 heavy (non-hydrogen) atoms. The van der Waals surface area contributed by atoms with Crippen molar-refractivity contribution in [3.05, 3.63) is 47.3 Å². The molecule has 7 heteroatoms. The number of aryl methyl sites for hydroxylation is 1. The van der Waals surface area contributed by atoms with Crippen LogP contribution in [-0.2, 0) is 16.6 Å². The minimum absolute atomic E-state index is 0.0475. The van der Waals surface area contributed by atoms with Crippen molar-refractivity contribution in [3.8, 4) is 17.2 Å². The lowest BCUT2D eigenvalue weighted by atomic mass is 9.92. The molecule has 1 saturated carbocycles. The van der Waals surface area contributed by atoms with Crippen LogP contribution in [0.2, 0.25) is 0 Å². The molecule has 1 saturated heterocycles. The Labute approximate surface area is 206 Å². The summed E-state index contributed by atoms with van der Waals surface area (Å²) in [6.45, 7) is 6.53. The number of pyridine rings is 1. The summed E-state index contributed by atoms with van der Waals surface area (Å²) >= 11 is 0. The lowest BCUT2D eigenvalue weighted by molar-refractivity contribution is -0.134. The zero-order valence-electron chi connectivity index (χ0n) is 21.0. The SMILES string of the molecule is COCCC(=O)N1CCN(c2nc(C3CC3)c(-c3ccc4c(ccn4C)c3)c(C)c2C#N)C[C@H]1C. The number of ether oxygens (including phenoxy) is 1. The van der Waals surface area contributed by atoms with Gasteiger partial charge in [-0.1, -0.05) is 6.07 Å². The highest BCUT2D eigenvalue weighted by Gasteiger charge is 2.34. The lowest BCUT2D eigenvalue weighted by Crippen LogP contribution is -2.54. The van der Waals surface area contributed by atoms with E-state index in [1.165, 1.54) is 10.9 Å². The maximum Gasteiger partial charge on any atom is 0.225 e. The number of amides is 1. The second kappa shape index (κ2) is 9.35. The molecule has 2 fully saturated rings. The molecular weight excluding hydrogens is 438 g/mol. The van der Waals surface area contributed by atoms with Crippen molar-refractivity contribution in [2.75, 3.05) is 38.3 Å². The Balaban J connectivity index is 1.52. The van der Waals surface area contributed by atoms with Gasteiger partial charge in [-0.05, 0) is 56.0 Å². The van der Waals surface area contributed by atoms with Gasteiger partial charge in [-0.25, -0.2) is 4.98 Å². The summed E-state index contributed by atoms with van der Waals surface area (Å²) in [5.41, 5.74) is 6.18. The van der Waals surface area contributed by atoms with E-state index in [4.69, 9.17) is 9.72 Å². The highest BCUT2D eigenvalue weighted by molar-refractivity contribution is 5.88. The summed E-state index contributed by atoms with van der Waals surface area (Å²) in [6, 6.07) is 11.2. The molecule has 1 aliphatic heterocycles. The molecule has 1 amide bonds. The molecule has 7 nitrogen and oxygen atoms in total. The molecule has 0 radical (unpaired) electrons. The van der Waals surface area contributed by atoms with Crippen molar-refractivity contribution in [2.45, 2.75) is 45.1 Å². The van der Waals surface area contributed by atoms with Crippen LogP contribution >= 0.6 is 0 Å². The minimum Gasteiger partial charge on any atom is -0.384 e. The second-order valence-electron chi connectivity index (χ2n) is 9.91. The van der Waals surface area contributed by atoms with E-state index in [9.17, 15) is 10.1 Å². The lowest BCUT2D eigenvalue weighted by Gasteiger charge is -2.41. The van der Waals surface area contributed by atoms with Gasteiger partial charge in [0.1, 0.15) is 11.9 Å². The van der Waals surface area contributed by atoms with Gasteiger partial charge in [0, 0.05) is 68.4 Å². The number of benzene rings is 1. The van der Waals surface area contributed by atoms with E-state index in [0.717, 1.165) is 41.0 Å². The molecule has 1 atom stereocenters. The Bertz CT molecular complexity index is 1320. The van der Waals surface area contributed by atoms with Crippen molar-refractivity contribution in [2.24, 2.45) is 7.05 Å². The molecule has 0 N–H and O–H groups in total. The number of aromatic nitrogens is 2. The molecule has 3 aromatic rings. The van der Waals surface area contributed by atoms with E-state index in [0.29, 0.717) is 44.1 Å². The van der Waals surface area contributed by atoms with Crippen LogP contribution in [-0.4, -0.2) is 59.8 Å². The van der Waals surface area contributed by atoms with Gasteiger partial charge in [-0.15, -0.1) is 0 Å². The smallest absolute Gasteiger partial charge is 0.225 e. The molecule has 1 aliphatic carbocycles. The predicted molar refractivity (Wildman–Crippen MR) is 137 cm³/mol. The summed E-state index contributed by atoms with van der Waals surface area (Å²) in [7, 11) is 3.67. The first-order chi connectivity index (χ1) is 16.9. The van der Waals surface area contributed by atoms with Crippen molar-refractivity contribution in [3.63, 3.8) is 0 Å². The average molecular weight is 472 g/mol. The van der Waals surface area contributed by atoms with Crippen LogP contribution in [0.3, 0.4) is 0 Å². The normalized spacial score (nSPS) is 18.2. The fourth-order valence-electron chi connectivity index (χ4n) is 5.38. The third kappa shape index (κ3) is 4.28. The Morgan fingerprint density at radius 1 is 1.26 bits per heavy atom. The van der Waals surface area contributed by atoms with Gasteiger partial charge >= 0.3 is 0 Å². The number of hydrogen-bond acceptors (Lipinski definition) is 5. The van der Waals surface area contributed by atoms with Gasteiger partial charge in [0.15, 0.2) is 0 Å². The Hall–Kier alpha value is -3.37. The van der Waals surface area contributed by atoms with Gasteiger partial charge in [0.2, 0.25) is 5.91 Å². The van der Waals surface area contributed by atoms with E-state index in [1.807, 2.05) is 4.90 Å². The summed E-state index contributed by atoms with van der Waals surface area (Å²) < 4.78 is 7.20. The summed E-state index contributed by atoms with van der Waals surface area (Å²) in [6.07, 6.45) is 4.74. The number of carbonyl (C=O) groups excluding carboxylic acids is 1. The predicted octanol–water partition coefficient (Wildman–Crippen LogP) is 4.37. The Kier molecular flexibility index (Phi) is 6.24. The first-order valence-corrected chi connectivity index (χ1v) is 12.5. The molecule has 0 unspecified atom stereocenters. The fourth-order valence-corrected chi connectivity index (χ4v) is 5.38. The zero-order chi connectivity index (χ0) is 24.7. The van der Waals surface area contributed by atoms with Crippen LogP contribution in [0.1, 0.15) is 48.9 Å². The zero-order valence-corrected chi connectivity index (χ0v) is 21.0. The highest BCUT2D eigenvalue weighted by Crippen LogP contribution is 2.47. The minimum atomic E-state index is 0.0475. The molecule has 0 spiro atoms. The summed E-state index contributed by atoms with van der Waals surface area (Å²) in [5, 5.41) is 11.4. The third-order valence-electron chi connectivity index (χ3n) is 7.47. The molecule has 2 aromatic heterocycles. The fraction of sp³-hybridized carbons (Fsp3) is 0.464. The number of fused-ring (bicyclic) bond motifs is 1. The monoisotopic (exact) mass is 471 g/mol. The van der Waals surface area contributed by atoms with Crippen molar-refractivity contribution < 1.29 is 9.53 Å². The quantitative estimate of drug-likeness (QED) is 0.534.